The van der Waals surface area contributed by atoms with Crippen LogP contribution in [0.5, 0.6) is 23.0 Å². The first-order valence-corrected chi connectivity index (χ1v) is 21.5. The summed E-state index contributed by atoms with van der Waals surface area (Å²) in [6, 6.07) is 31.1. The number of aryl methyl sites for hydroxylation is 2. The Bertz CT molecular complexity index is 2360. The molecule has 2 N–H and O–H groups in total. The number of ketones is 1. The molecular formula is C53H63N3O5. The molecule has 1 heterocycles. The smallest absolute Gasteiger partial charge is 0.167 e. The SMILES string of the molecule is C=C(C)c1cc(OC)c(OCc2cc(COc3cc4c(cc3OC)C(=O)C(C)C[C@@H](Cc3ccccc3C)C=N4)cc(NC(C)C)c2)cc1NC[C@@H](C)Cc1ccccc1C. The van der Waals surface area contributed by atoms with Crippen molar-refractivity contribution < 1.29 is 23.7 Å². The topological polar surface area (TPSA) is 90.4 Å². The predicted molar refractivity (Wildman–Crippen MR) is 252 cm³/mol. The summed E-state index contributed by atoms with van der Waals surface area (Å²) >= 11 is 0. The van der Waals surface area contributed by atoms with Crippen molar-refractivity contribution in [3.05, 3.63) is 142 Å². The van der Waals surface area contributed by atoms with Crippen LogP contribution < -0.4 is 29.6 Å². The molecule has 320 valence electrons. The van der Waals surface area contributed by atoms with Crippen LogP contribution in [0.15, 0.2) is 103 Å². The largest absolute Gasteiger partial charge is 0.493 e. The number of carbonyl (C=O) groups excluding carboxylic acids is 1. The third-order valence-electron chi connectivity index (χ3n) is 11.3. The average Bonchev–Trinajstić information content (AvgIpc) is 3.23. The number of Topliss-reactive ketones (excluding diaryl/α,β-unsaturated/α-hetero) is 1. The van der Waals surface area contributed by atoms with Crippen molar-refractivity contribution in [1.29, 1.82) is 0 Å². The molecule has 1 aliphatic heterocycles. The molecule has 0 saturated heterocycles. The first-order chi connectivity index (χ1) is 29.3. The number of hydrogen-bond acceptors (Lipinski definition) is 8. The molecule has 0 saturated carbocycles. The van der Waals surface area contributed by atoms with Gasteiger partial charge in [0.15, 0.2) is 28.8 Å². The summed E-state index contributed by atoms with van der Waals surface area (Å²) in [5.41, 5.74) is 12.1. The maximum atomic E-state index is 13.8. The van der Waals surface area contributed by atoms with Crippen molar-refractivity contribution in [2.45, 2.75) is 87.0 Å². The van der Waals surface area contributed by atoms with Gasteiger partial charge in [0, 0.05) is 59.4 Å². The van der Waals surface area contributed by atoms with Crippen molar-refractivity contribution in [2.75, 3.05) is 31.4 Å². The minimum Gasteiger partial charge on any atom is -0.493 e. The minimum atomic E-state index is -0.169. The highest BCUT2D eigenvalue weighted by molar-refractivity contribution is 6.04. The minimum absolute atomic E-state index is 0.0603. The third-order valence-corrected chi connectivity index (χ3v) is 11.3. The van der Waals surface area contributed by atoms with Gasteiger partial charge in [-0.2, -0.15) is 0 Å². The molecule has 1 aliphatic rings. The quantitative estimate of drug-likeness (QED) is 0.0909. The number of rotatable bonds is 18. The number of fused-ring (bicyclic) bond motifs is 1. The van der Waals surface area contributed by atoms with E-state index in [1.165, 1.54) is 22.3 Å². The fourth-order valence-corrected chi connectivity index (χ4v) is 8.03. The molecule has 0 fully saturated rings. The van der Waals surface area contributed by atoms with E-state index in [0.29, 0.717) is 46.8 Å². The maximum Gasteiger partial charge on any atom is 0.167 e. The van der Waals surface area contributed by atoms with Gasteiger partial charge in [0.05, 0.1) is 19.9 Å². The molecule has 1 unspecified atom stereocenters. The summed E-state index contributed by atoms with van der Waals surface area (Å²) < 4.78 is 24.7. The van der Waals surface area contributed by atoms with Gasteiger partial charge in [-0.1, -0.05) is 69.0 Å². The van der Waals surface area contributed by atoms with Crippen molar-refractivity contribution >= 4 is 34.6 Å². The third kappa shape index (κ3) is 11.6. The lowest BCUT2D eigenvalue weighted by atomic mass is 9.84. The molecule has 5 aromatic rings. The van der Waals surface area contributed by atoms with Gasteiger partial charge in [0.25, 0.3) is 0 Å². The zero-order chi connectivity index (χ0) is 43.6. The van der Waals surface area contributed by atoms with Gasteiger partial charge < -0.3 is 29.6 Å². The van der Waals surface area contributed by atoms with Crippen LogP contribution in [0.25, 0.3) is 5.57 Å². The Balaban J connectivity index is 1.21. The standard InChI is InChI=1S/C53H63N3O5/c1-33(2)45-25-49(58-9)51(27-47(45)54-29-35(5)19-42-17-13-11-15-36(42)6)60-31-40-21-41(24-44(23-40)56-34(3)4)32-61-52-28-48-46(26-50(52)59-10)53(57)38(8)20-39(30-55-48)22-43-18-14-12-16-37(43)7/h11-18,21,23-28,30,34-35,38-39,54,56H,1,19-20,22,29,31-32H2,2-10H3/t35-,38?,39-/m0/s1. The van der Waals surface area contributed by atoms with E-state index in [0.717, 1.165) is 59.4 Å². The van der Waals surface area contributed by atoms with Gasteiger partial charge in [-0.05, 0) is 135 Å². The van der Waals surface area contributed by atoms with Crippen LogP contribution >= 0.6 is 0 Å². The summed E-state index contributed by atoms with van der Waals surface area (Å²) in [7, 11) is 3.26. The van der Waals surface area contributed by atoms with E-state index >= 15 is 0 Å². The molecule has 0 radical (unpaired) electrons. The fraction of sp³-hybridized carbons (Fsp3) is 0.358. The number of nitrogens with one attached hydrogen (secondary N) is 2. The zero-order valence-corrected chi connectivity index (χ0v) is 37.5. The second-order valence-corrected chi connectivity index (χ2v) is 17.1. The molecule has 61 heavy (non-hydrogen) atoms. The van der Waals surface area contributed by atoms with Gasteiger partial charge >= 0.3 is 0 Å². The van der Waals surface area contributed by atoms with Gasteiger partial charge in [-0.25, -0.2) is 0 Å². The monoisotopic (exact) mass is 821 g/mol. The van der Waals surface area contributed by atoms with Crippen LogP contribution in [0, 0.1) is 31.6 Å². The van der Waals surface area contributed by atoms with Crippen molar-refractivity contribution in [1.82, 2.24) is 0 Å². The van der Waals surface area contributed by atoms with Crippen LogP contribution in [0.3, 0.4) is 0 Å². The Morgan fingerprint density at radius 3 is 2.02 bits per heavy atom. The highest BCUT2D eigenvalue weighted by Gasteiger charge is 2.27. The van der Waals surface area contributed by atoms with Crippen LogP contribution in [-0.2, 0) is 26.1 Å². The summed E-state index contributed by atoms with van der Waals surface area (Å²) in [5.74, 6) is 2.70. The second kappa shape index (κ2) is 20.5. The summed E-state index contributed by atoms with van der Waals surface area (Å²) in [6.07, 6.45) is 4.54. The fourth-order valence-electron chi connectivity index (χ4n) is 8.03. The molecule has 0 aliphatic carbocycles. The zero-order valence-electron chi connectivity index (χ0n) is 37.5. The number of allylic oxidation sites excluding steroid dienone is 1. The van der Waals surface area contributed by atoms with E-state index in [9.17, 15) is 4.79 Å². The Hall–Kier alpha value is -6.02. The summed E-state index contributed by atoms with van der Waals surface area (Å²) in [6.45, 7) is 20.4. The van der Waals surface area contributed by atoms with E-state index in [2.05, 4.69) is 119 Å². The van der Waals surface area contributed by atoms with E-state index in [1.807, 2.05) is 38.3 Å². The van der Waals surface area contributed by atoms with E-state index in [1.54, 1.807) is 20.3 Å². The van der Waals surface area contributed by atoms with E-state index < -0.39 is 0 Å². The molecule has 0 bridgehead atoms. The number of aliphatic imine (C=N–C) groups is 1. The number of carbonyl (C=O) groups is 1. The first-order valence-electron chi connectivity index (χ1n) is 21.5. The van der Waals surface area contributed by atoms with Crippen molar-refractivity contribution in [2.24, 2.45) is 22.7 Å². The number of hydrogen-bond donors (Lipinski definition) is 2. The van der Waals surface area contributed by atoms with Crippen LogP contribution in [0.1, 0.15) is 90.3 Å². The van der Waals surface area contributed by atoms with Crippen molar-refractivity contribution in [3.63, 3.8) is 0 Å². The number of nitrogens with zero attached hydrogens (tertiary/aromatic N) is 1. The van der Waals surface area contributed by atoms with Crippen LogP contribution in [0.2, 0.25) is 0 Å². The molecule has 0 aromatic heterocycles. The second-order valence-electron chi connectivity index (χ2n) is 17.1. The number of methoxy groups -OCH3 is 2. The molecule has 0 spiro atoms. The Morgan fingerprint density at radius 2 is 1.41 bits per heavy atom. The maximum absolute atomic E-state index is 13.8. The summed E-state index contributed by atoms with van der Waals surface area (Å²) in [4.78, 5) is 18.7. The number of benzene rings is 5. The van der Waals surface area contributed by atoms with E-state index in [4.69, 9.17) is 23.9 Å². The molecule has 8 heteroatoms. The predicted octanol–water partition coefficient (Wildman–Crippen LogP) is 12.4. The highest BCUT2D eigenvalue weighted by Crippen LogP contribution is 2.40. The number of ether oxygens (including phenoxy) is 4. The molecule has 8 nitrogen and oxygen atoms in total. The molecule has 6 rings (SSSR count). The average molecular weight is 822 g/mol. The van der Waals surface area contributed by atoms with Crippen LogP contribution in [-0.4, -0.2) is 38.8 Å². The van der Waals surface area contributed by atoms with E-state index in [-0.39, 0.29) is 30.3 Å². The molecule has 3 atom stereocenters. The van der Waals surface area contributed by atoms with Gasteiger partial charge in [-0.15, -0.1) is 0 Å². The lowest BCUT2D eigenvalue weighted by Crippen LogP contribution is -2.20. The van der Waals surface area contributed by atoms with Crippen molar-refractivity contribution in [3.8, 4) is 23.0 Å². The van der Waals surface area contributed by atoms with Gasteiger partial charge in [0.2, 0.25) is 0 Å². The van der Waals surface area contributed by atoms with Crippen LogP contribution in [0.4, 0.5) is 17.1 Å². The Labute approximate surface area is 363 Å². The van der Waals surface area contributed by atoms with Gasteiger partial charge in [-0.3, -0.25) is 9.79 Å². The first kappa shape index (κ1) is 44.5. The molecule has 5 aromatic carbocycles. The van der Waals surface area contributed by atoms with Gasteiger partial charge in [0.1, 0.15) is 13.2 Å². The highest BCUT2D eigenvalue weighted by atomic mass is 16.5. The molecular weight excluding hydrogens is 759 g/mol. The molecule has 0 amide bonds. The normalized spacial score (nSPS) is 15.3. The number of anilines is 2. The summed E-state index contributed by atoms with van der Waals surface area (Å²) in [5, 5.41) is 7.24. The lowest BCUT2D eigenvalue weighted by molar-refractivity contribution is 0.0918. The Morgan fingerprint density at radius 1 is 0.803 bits per heavy atom. The Kier molecular flexibility index (Phi) is 15.0. The lowest BCUT2D eigenvalue weighted by Gasteiger charge is -2.22.